The van der Waals surface area contributed by atoms with Crippen LogP contribution >= 0.6 is 0 Å². The van der Waals surface area contributed by atoms with Gasteiger partial charge in [0.15, 0.2) is 0 Å². The molecule has 1 aromatic carbocycles. The third kappa shape index (κ3) is 1.73. The van der Waals surface area contributed by atoms with Crippen molar-refractivity contribution in [1.82, 2.24) is 4.90 Å². The van der Waals surface area contributed by atoms with Crippen molar-refractivity contribution < 1.29 is 14.3 Å². The van der Waals surface area contributed by atoms with E-state index in [1.54, 1.807) is 7.11 Å². The summed E-state index contributed by atoms with van der Waals surface area (Å²) in [7, 11) is 5.46. The fourth-order valence-electron chi connectivity index (χ4n) is 7.06. The summed E-state index contributed by atoms with van der Waals surface area (Å²) in [6, 6.07) is 6.38. The lowest BCUT2D eigenvalue weighted by molar-refractivity contribution is -0.154. The van der Waals surface area contributed by atoms with Crippen LogP contribution in [0.25, 0.3) is 0 Å². The summed E-state index contributed by atoms with van der Waals surface area (Å²) in [6.45, 7) is 4.08. The van der Waals surface area contributed by atoms with Crippen LogP contribution in [0.2, 0.25) is 0 Å². The number of nitrogens with zero attached hydrogens (tertiary/aromatic N) is 2. The fourth-order valence-corrected chi connectivity index (χ4v) is 7.06. The van der Waals surface area contributed by atoms with E-state index in [0.29, 0.717) is 0 Å². The van der Waals surface area contributed by atoms with E-state index in [9.17, 15) is 4.79 Å². The van der Waals surface area contributed by atoms with Crippen LogP contribution in [0, 0.1) is 11.8 Å². The van der Waals surface area contributed by atoms with Crippen LogP contribution in [0.4, 0.5) is 5.69 Å². The van der Waals surface area contributed by atoms with Gasteiger partial charge in [-0.15, -0.1) is 0 Å². The number of benzene rings is 1. The third-order valence-corrected chi connectivity index (χ3v) is 8.03. The van der Waals surface area contributed by atoms with Crippen LogP contribution in [-0.2, 0) is 14.9 Å². The van der Waals surface area contributed by atoms with Crippen molar-refractivity contribution in [2.24, 2.45) is 11.8 Å². The minimum Gasteiger partial charge on any atom is -0.497 e. The van der Waals surface area contributed by atoms with Gasteiger partial charge in [0.05, 0.1) is 20.1 Å². The first kappa shape index (κ1) is 17.1. The molecule has 2 unspecified atom stereocenters. The third-order valence-electron chi connectivity index (χ3n) is 8.03. The first-order valence-electron chi connectivity index (χ1n) is 9.95. The minimum atomic E-state index is -0.244. The Morgan fingerprint density at radius 1 is 1.30 bits per heavy atom. The lowest BCUT2D eigenvalue weighted by Gasteiger charge is -2.54. The average Bonchev–Trinajstić information content (AvgIpc) is 3.03. The number of carbonyl (C=O) groups excluding carboxylic acids is 1. The second kappa shape index (κ2) is 5.51. The number of fused-ring (bicyclic) bond motifs is 3. The number of carbonyl (C=O) groups is 1. The van der Waals surface area contributed by atoms with E-state index < -0.39 is 0 Å². The fraction of sp³-hybridized carbons (Fsp3) is 0.591. The van der Waals surface area contributed by atoms with Gasteiger partial charge >= 0.3 is 5.97 Å². The highest BCUT2D eigenvalue weighted by atomic mass is 16.5. The summed E-state index contributed by atoms with van der Waals surface area (Å²) in [5.74, 6) is 0.912. The molecule has 5 heteroatoms. The maximum Gasteiger partial charge on any atom is 0.310 e. The highest BCUT2D eigenvalue weighted by molar-refractivity contribution is 5.82. The molecule has 5 atom stereocenters. The molecule has 4 fully saturated rings. The smallest absolute Gasteiger partial charge is 0.310 e. The Bertz CT molecular complexity index is 850. The summed E-state index contributed by atoms with van der Waals surface area (Å²) in [5.41, 5.74) is 3.51. The van der Waals surface area contributed by atoms with Gasteiger partial charge in [0, 0.05) is 31.2 Å². The lowest BCUT2D eigenvalue weighted by Crippen LogP contribution is -2.66. The normalized spacial score (nSPS) is 39.9. The molecule has 0 N–H and O–H groups in total. The van der Waals surface area contributed by atoms with Gasteiger partial charge in [0.1, 0.15) is 11.4 Å². The number of hydrogen-bond donors (Lipinski definition) is 0. The van der Waals surface area contributed by atoms with Gasteiger partial charge in [0.25, 0.3) is 0 Å². The Morgan fingerprint density at radius 3 is 2.81 bits per heavy atom. The molecule has 4 aliphatic heterocycles. The molecule has 0 amide bonds. The Morgan fingerprint density at radius 2 is 2.11 bits per heavy atom. The number of esters is 1. The summed E-state index contributed by atoms with van der Waals surface area (Å²) in [4.78, 5) is 18.3. The molecule has 144 valence electrons. The number of hydrogen-bond acceptors (Lipinski definition) is 5. The van der Waals surface area contributed by atoms with Crippen molar-refractivity contribution in [3.05, 3.63) is 35.4 Å². The first-order valence-corrected chi connectivity index (χ1v) is 9.95. The average molecular weight is 368 g/mol. The lowest BCUT2D eigenvalue weighted by atomic mass is 9.54. The molecule has 1 aliphatic carbocycles. The maximum absolute atomic E-state index is 13.2. The zero-order chi connectivity index (χ0) is 19.0. The standard InChI is InChI=1S/C22H28N2O3/c1-5-14-13-24-11-10-21-17-12-15(26-3)6-7-18(17)23(2)22(21,24)9-8-16(14)19(21)20(25)27-4/h5-7,12,16,19H,8-11,13H2,1-4H3/b14-5-/t16?,19-,21-,22-/m1/s1. The molecular weight excluding hydrogens is 340 g/mol. The summed E-state index contributed by atoms with van der Waals surface area (Å²) in [6.07, 6.45) is 5.34. The maximum atomic E-state index is 13.2. The molecule has 0 aromatic heterocycles. The molecule has 4 heterocycles. The Kier molecular flexibility index (Phi) is 3.49. The predicted molar refractivity (Wildman–Crippen MR) is 104 cm³/mol. The van der Waals surface area contributed by atoms with Gasteiger partial charge in [-0.1, -0.05) is 11.6 Å². The van der Waals surface area contributed by atoms with Crippen molar-refractivity contribution >= 4 is 11.7 Å². The van der Waals surface area contributed by atoms with E-state index in [-0.39, 0.29) is 28.9 Å². The zero-order valence-corrected chi connectivity index (χ0v) is 16.6. The molecule has 1 spiro atoms. The van der Waals surface area contributed by atoms with Gasteiger partial charge in [-0.25, -0.2) is 0 Å². The highest BCUT2D eigenvalue weighted by Gasteiger charge is 2.75. The molecule has 5 aliphatic rings. The number of anilines is 1. The van der Waals surface area contributed by atoms with E-state index in [4.69, 9.17) is 9.47 Å². The highest BCUT2D eigenvalue weighted by Crippen LogP contribution is 2.69. The van der Waals surface area contributed by atoms with Crippen LogP contribution in [0.3, 0.4) is 0 Å². The molecule has 1 aromatic rings. The van der Waals surface area contributed by atoms with Gasteiger partial charge in [-0.3, -0.25) is 9.69 Å². The minimum absolute atomic E-state index is 0.0590. The second-order valence-electron chi connectivity index (χ2n) is 8.41. The van der Waals surface area contributed by atoms with E-state index in [1.807, 2.05) is 6.07 Å². The molecule has 3 saturated heterocycles. The van der Waals surface area contributed by atoms with Crippen LogP contribution in [-0.4, -0.2) is 50.9 Å². The Labute approximate surface area is 160 Å². The number of allylic oxidation sites excluding steroid dienone is 1. The van der Waals surface area contributed by atoms with Gasteiger partial charge in [0.2, 0.25) is 0 Å². The number of ether oxygens (including phenoxy) is 2. The van der Waals surface area contributed by atoms with Crippen molar-refractivity contribution in [2.45, 2.75) is 37.3 Å². The molecule has 0 radical (unpaired) electrons. The van der Waals surface area contributed by atoms with Gasteiger partial charge in [-0.2, -0.15) is 0 Å². The number of likely N-dealkylation sites (N-methyl/N-ethyl adjacent to an activating group) is 1. The van der Waals surface area contributed by atoms with E-state index in [2.05, 4.69) is 42.0 Å². The SMILES string of the molecule is C/C=C1/CN2CC[C@]34c5cc(OC)ccc5N(C)[C@]23CCC1[C@@H]4C(=O)OC. The molecular formula is C22H28N2O3. The van der Waals surface area contributed by atoms with E-state index in [0.717, 1.165) is 38.1 Å². The van der Waals surface area contributed by atoms with Crippen molar-refractivity contribution in [3.63, 3.8) is 0 Å². The number of methoxy groups -OCH3 is 2. The van der Waals surface area contributed by atoms with Crippen LogP contribution < -0.4 is 9.64 Å². The quantitative estimate of drug-likeness (QED) is 0.593. The largest absolute Gasteiger partial charge is 0.497 e. The molecule has 27 heavy (non-hydrogen) atoms. The monoisotopic (exact) mass is 368 g/mol. The summed E-state index contributed by atoms with van der Waals surface area (Å²) < 4.78 is 11.0. The molecule has 1 saturated carbocycles. The van der Waals surface area contributed by atoms with Crippen LogP contribution in [0.1, 0.15) is 31.7 Å². The first-order chi connectivity index (χ1) is 13.0. The van der Waals surface area contributed by atoms with Crippen LogP contribution in [0.5, 0.6) is 5.75 Å². The molecule has 4 bridgehead atoms. The second-order valence-corrected chi connectivity index (χ2v) is 8.41. The zero-order valence-electron chi connectivity index (χ0n) is 16.6. The summed E-state index contributed by atoms with van der Waals surface area (Å²) >= 11 is 0. The van der Waals surface area contributed by atoms with Crippen molar-refractivity contribution in [1.29, 1.82) is 0 Å². The number of rotatable bonds is 2. The Hall–Kier alpha value is -2.01. The van der Waals surface area contributed by atoms with Crippen LogP contribution in [0.15, 0.2) is 29.8 Å². The summed E-state index contributed by atoms with van der Waals surface area (Å²) in [5, 5.41) is 0. The molecule has 5 nitrogen and oxygen atoms in total. The topological polar surface area (TPSA) is 42.0 Å². The van der Waals surface area contributed by atoms with E-state index in [1.165, 1.54) is 23.9 Å². The van der Waals surface area contributed by atoms with Crippen molar-refractivity contribution in [2.75, 3.05) is 39.3 Å². The molecule has 6 rings (SSSR count). The van der Waals surface area contributed by atoms with Gasteiger partial charge < -0.3 is 14.4 Å². The Balaban J connectivity index is 1.84. The predicted octanol–water partition coefficient (Wildman–Crippen LogP) is 2.94. The van der Waals surface area contributed by atoms with Crippen molar-refractivity contribution in [3.8, 4) is 5.75 Å². The van der Waals surface area contributed by atoms with Gasteiger partial charge in [-0.05, 0) is 55.9 Å². The van der Waals surface area contributed by atoms with E-state index >= 15 is 0 Å².